The lowest BCUT2D eigenvalue weighted by molar-refractivity contribution is -0.134. The molecule has 28 heavy (non-hydrogen) atoms. The highest BCUT2D eigenvalue weighted by Crippen LogP contribution is 2.42. The monoisotopic (exact) mass is 384 g/mol. The van der Waals surface area contributed by atoms with Gasteiger partial charge in [0, 0.05) is 24.9 Å². The molecule has 2 amide bonds. The normalized spacial score (nSPS) is 26.6. The van der Waals surface area contributed by atoms with Gasteiger partial charge >= 0.3 is 0 Å². The molecule has 2 heterocycles. The number of fused-ring (bicyclic) bond motifs is 1. The largest absolute Gasteiger partial charge is 0.454 e. The third kappa shape index (κ3) is 3.56. The van der Waals surface area contributed by atoms with Crippen molar-refractivity contribution in [3.8, 4) is 11.5 Å². The van der Waals surface area contributed by atoms with E-state index in [0.29, 0.717) is 36.5 Å². The van der Waals surface area contributed by atoms with E-state index in [-0.39, 0.29) is 24.7 Å². The third-order valence-electron chi connectivity index (χ3n) is 6.76. The second-order valence-electron chi connectivity index (χ2n) is 8.76. The van der Waals surface area contributed by atoms with Gasteiger partial charge in [-0.25, -0.2) is 0 Å². The number of nitrogens with one attached hydrogen (secondary N) is 1. The number of nitrogens with zero attached hydrogens (tertiary/aromatic N) is 1. The maximum absolute atomic E-state index is 12.9. The molecule has 0 radical (unpaired) electrons. The first-order valence-corrected chi connectivity index (χ1v) is 10.6. The summed E-state index contributed by atoms with van der Waals surface area (Å²) in [6, 6.07) is 5.73. The summed E-state index contributed by atoms with van der Waals surface area (Å²) in [5.74, 6) is 3.05. The van der Waals surface area contributed by atoms with Crippen molar-refractivity contribution >= 4 is 11.8 Å². The van der Waals surface area contributed by atoms with Crippen LogP contribution in [0.3, 0.4) is 0 Å². The summed E-state index contributed by atoms with van der Waals surface area (Å²) in [5.41, 5.74) is 0.918. The average Bonchev–Trinajstić information content (AvgIpc) is 3.11. The topological polar surface area (TPSA) is 67.9 Å². The highest BCUT2D eigenvalue weighted by molar-refractivity contribution is 5.81. The molecule has 2 atom stereocenters. The molecule has 3 fully saturated rings. The number of hydrogen-bond acceptors (Lipinski definition) is 4. The van der Waals surface area contributed by atoms with Crippen LogP contribution in [0.4, 0.5) is 0 Å². The molecule has 1 saturated heterocycles. The zero-order valence-electron chi connectivity index (χ0n) is 16.2. The van der Waals surface area contributed by atoms with Gasteiger partial charge in [-0.05, 0) is 49.3 Å². The van der Waals surface area contributed by atoms with Crippen molar-refractivity contribution in [3.63, 3.8) is 0 Å². The molecule has 5 rings (SSSR count). The van der Waals surface area contributed by atoms with Crippen molar-refractivity contribution in [1.82, 2.24) is 10.2 Å². The molecule has 1 N–H and O–H groups in total. The fourth-order valence-electron chi connectivity index (χ4n) is 5.09. The van der Waals surface area contributed by atoms with Crippen LogP contribution in [0.25, 0.3) is 0 Å². The predicted octanol–water partition coefficient (Wildman–Crippen LogP) is 2.50. The number of amides is 2. The van der Waals surface area contributed by atoms with E-state index in [1.165, 1.54) is 25.7 Å². The van der Waals surface area contributed by atoms with Crippen molar-refractivity contribution < 1.29 is 19.1 Å². The summed E-state index contributed by atoms with van der Waals surface area (Å²) in [5, 5.41) is 3.24. The first-order valence-electron chi connectivity index (χ1n) is 10.6. The van der Waals surface area contributed by atoms with Crippen LogP contribution in [0.5, 0.6) is 11.5 Å². The van der Waals surface area contributed by atoms with Gasteiger partial charge in [0.2, 0.25) is 18.6 Å². The van der Waals surface area contributed by atoms with Crippen molar-refractivity contribution in [2.75, 3.05) is 19.9 Å². The summed E-state index contributed by atoms with van der Waals surface area (Å²) < 4.78 is 10.7. The highest BCUT2D eigenvalue weighted by atomic mass is 16.7. The summed E-state index contributed by atoms with van der Waals surface area (Å²) in [7, 11) is 0. The maximum atomic E-state index is 12.9. The molecule has 1 aromatic rings. The van der Waals surface area contributed by atoms with E-state index in [1.807, 2.05) is 23.1 Å². The molecule has 0 bridgehead atoms. The molecule has 0 aromatic heterocycles. The molecule has 2 aliphatic carbocycles. The lowest BCUT2D eigenvalue weighted by atomic mass is 9.97. The summed E-state index contributed by atoms with van der Waals surface area (Å²) in [6.45, 7) is 1.72. The second-order valence-corrected chi connectivity index (χ2v) is 8.76. The van der Waals surface area contributed by atoms with E-state index in [1.54, 1.807) is 0 Å². The van der Waals surface area contributed by atoms with Gasteiger partial charge in [-0.2, -0.15) is 0 Å². The van der Waals surface area contributed by atoms with Gasteiger partial charge < -0.3 is 19.7 Å². The Morgan fingerprint density at radius 3 is 2.61 bits per heavy atom. The van der Waals surface area contributed by atoms with Crippen LogP contribution < -0.4 is 14.8 Å². The fraction of sp³-hybridized carbons (Fsp3) is 0.636. The Morgan fingerprint density at radius 1 is 1.04 bits per heavy atom. The second kappa shape index (κ2) is 7.30. The quantitative estimate of drug-likeness (QED) is 0.847. The van der Waals surface area contributed by atoms with E-state index in [4.69, 9.17) is 9.47 Å². The first kappa shape index (κ1) is 17.8. The van der Waals surface area contributed by atoms with Crippen LogP contribution >= 0.6 is 0 Å². The number of carbonyl (C=O) groups excluding carboxylic acids is 2. The van der Waals surface area contributed by atoms with Crippen LogP contribution in [-0.2, 0) is 16.0 Å². The number of likely N-dealkylation sites (tertiary alicyclic amines) is 1. The summed E-state index contributed by atoms with van der Waals surface area (Å²) in [6.07, 6.45) is 7.18. The van der Waals surface area contributed by atoms with Gasteiger partial charge in [-0.3, -0.25) is 9.59 Å². The minimum absolute atomic E-state index is 0.0182. The number of benzene rings is 1. The zero-order valence-corrected chi connectivity index (χ0v) is 16.2. The van der Waals surface area contributed by atoms with Crippen LogP contribution in [0.15, 0.2) is 18.2 Å². The lowest BCUT2D eigenvalue weighted by Crippen LogP contribution is -2.42. The molecule has 6 nitrogen and oxygen atoms in total. The predicted molar refractivity (Wildman–Crippen MR) is 103 cm³/mol. The molecular weight excluding hydrogens is 356 g/mol. The molecule has 2 saturated carbocycles. The molecule has 0 spiro atoms. The SMILES string of the molecule is O=C(Cc1ccc2c(c1)OCO2)N[C@@H]1CN(C(=O)C2CCCC2)C[C@H]1C1CC1. The molecule has 1 aromatic carbocycles. The lowest BCUT2D eigenvalue weighted by Gasteiger charge is -2.20. The fourth-order valence-corrected chi connectivity index (χ4v) is 5.09. The average molecular weight is 384 g/mol. The molecular formula is C22H28N2O4. The summed E-state index contributed by atoms with van der Waals surface area (Å²) in [4.78, 5) is 27.6. The Bertz CT molecular complexity index is 770. The highest BCUT2D eigenvalue weighted by Gasteiger charge is 2.45. The van der Waals surface area contributed by atoms with Crippen LogP contribution in [-0.4, -0.2) is 42.6 Å². The number of hydrogen-bond donors (Lipinski definition) is 1. The Hall–Kier alpha value is -2.24. The molecule has 6 heteroatoms. The first-order chi connectivity index (χ1) is 13.7. The van der Waals surface area contributed by atoms with E-state index in [2.05, 4.69) is 5.32 Å². The Morgan fingerprint density at radius 2 is 1.82 bits per heavy atom. The van der Waals surface area contributed by atoms with Gasteiger partial charge in [-0.1, -0.05) is 18.9 Å². The van der Waals surface area contributed by atoms with Gasteiger partial charge in [0.25, 0.3) is 0 Å². The van der Waals surface area contributed by atoms with E-state index >= 15 is 0 Å². The standard InChI is InChI=1S/C22H28N2O4/c25-21(10-14-5-8-19-20(9-14)28-13-27-19)23-18-12-24(11-17(18)15-6-7-15)22(26)16-3-1-2-4-16/h5,8-9,15-18H,1-4,6-7,10-13H2,(H,23,25)/t17-,18+/m0/s1. The maximum Gasteiger partial charge on any atom is 0.231 e. The molecule has 4 aliphatic rings. The van der Waals surface area contributed by atoms with Gasteiger partial charge in [0.05, 0.1) is 12.5 Å². The van der Waals surface area contributed by atoms with Crippen molar-refractivity contribution in [2.45, 2.75) is 51.0 Å². The molecule has 0 unspecified atom stereocenters. The van der Waals surface area contributed by atoms with Crippen LogP contribution in [0, 0.1) is 17.8 Å². The minimum Gasteiger partial charge on any atom is -0.454 e. The van der Waals surface area contributed by atoms with Crippen molar-refractivity contribution in [2.24, 2.45) is 17.8 Å². The Kier molecular flexibility index (Phi) is 4.65. The number of ether oxygens (including phenoxy) is 2. The zero-order chi connectivity index (χ0) is 19.1. The minimum atomic E-state index is 0.0182. The smallest absolute Gasteiger partial charge is 0.231 e. The van der Waals surface area contributed by atoms with Gasteiger partial charge in [-0.15, -0.1) is 0 Å². The Balaban J connectivity index is 1.21. The van der Waals surface area contributed by atoms with Gasteiger partial charge in [0.1, 0.15) is 0 Å². The van der Waals surface area contributed by atoms with Crippen LogP contribution in [0.1, 0.15) is 44.1 Å². The molecule has 150 valence electrons. The number of carbonyl (C=O) groups is 2. The summed E-state index contributed by atoms with van der Waals surface area (Å²) >= 11 is 0. The van der Waals surface area contributed by atoms with Crippen molar-refractivity contribution in [1.29, 1.82) is 0 Å². The van der Waals surface area contributed by atoms with Gasteiger partial charge in [0.15, 0.2) is 11.5 Å². The van der Waals surface area contributed by atoms with Crippen molar-refractivity contribution in [3.05, 3.63) is 23.8 Å². The van der Waals surface area contributed by atoms with E-state index in [0.717, 1.165) is 30.7 Å². The van der Waals surface area contributed by atoms with Crippen LogP contribution in [0.2, 0.25) is 0 Å². The van der Waals surface area contributed by atoms with E-state index < -0.39 is 0 Å². The van der Waals surface area contributed by atoms with E-state index in [9.17, 15) is 9.59 Å². The third-order valence-corrected chi connectivity index (χ3v) is 6.76. The Labute approximate surface area is 165 Å². The number of rotatable bonds is 5. The molecule has 2 aliphatic heterocycles.